The number of cyclic esters (lactones) is 1. The highest BCUT2D eigenvalue weighted by Crippen LogP contribution is 2.43. The first-order valence-corrected chi connectivity index (χ1v) is 26.0. The van der Waals surface area contributed by atoms with E-state index in [2.05, 4.69) is 84.9 Å². The predicted octanol–water partition coefficient (Wildman–Crippen LogP) is 6.44. The molecular weight excluding hydrogens is 919 g/mol. The van der Waals surface area contributed by atoms with Crippen molar-refractivity contribution in [2.45, 2.75) is 111 Å². The van der Waals surface area contributed by atoms with E-state index >= 15 is 0 Å². The zero-order valence-electron chi connectivity index (χ0n) is 42.9. The van der Waals surface area contributed by atoms with Gasteiger partial charge in [0, 0.05) is 98.9 Å². The Bertz CT molecular complexity index is 2720. The molecule has 5 atom stereocenters. The van der Waals surface area contributed by atoms with E-state index in [1.807, 2.05) is 32.3 Å². The minimum absolute atomic E-state index is 0.0703. The van der Waals surface area contributed by atoms with Crippen LogP contribution >= 0.6 is 11.3 Å². The van der Waals surface area contributed by atoms with Crippen molar-refractivity contribution in [3.05, 3.63) is 76.4 Å². The van der Waals surface area contributed by atoms with Crippen LogP contribution in [0.4, 0.5) is 0 Å². The Morgan fingerprint density at radius 2 is 1.90 bits per heavy atom. The highest BCUT2D eigenvalue weighted by molar-refractivity contribution is 7.10. The number of methoxy groups -OCH3 is 1. The quantitative estimate of drug-likeness (QED) is 0.125. The van der Waals surface area contributed by atoms with Crippen LogP contribution in [0.15, 0.2) is 54.6 Å². The van der Waals surface area contributed by atoms with Crippen LogP contribution in [0.1, 0.15) is 95.2 Å². The Labute approximate surface area is 421 Å². The second kappa shape index (κ2) is 21.5. The van der Waals surface area contributed by atoms with Crippen LogP contribution in [0.3, 0.4) is 0 Å². The average Bonchev–Trinajstić information content (AvgIpc) is 4.12. The number of pyridine rings is 1. The van der Waals surface area contributed by atoms with E-state index in [9.17, 15) is 24.0 Å². The number of esters is 1. The average molecular weight is 990 g/mol. The molecule has 17 heteroatoms. The zero-order valence-corrected chi connectivity index (χ0v) is 43.7. The van der Waals surface area contributed by atoms with E-state index in [-0.39, 0.29) is 43.4 Å². The molecule has 4 amide bonds. The molecule has 380 valence electrons. The summed E-state index contributed by atoms with van der Waals surface area (Å²) < 4.78 is 14.5. The summed E-state index contributed by atoms with van der Waals surface area (Å²) in [5.41, 5.74) is 11.7. The summed E-state index contributed by atoms with van der Waals surface area (Å²) in [6.45, 7) is 19.3. The van der Waals surface area contributed by atoms with Crippen molar-refractivity contribution in [2.24, 2.45) is 17.3 Å². The number of likely N-dealkylation sites (tertiary alicyclic amines) is 1. The number of likely N-dealkylation sites (N-methyl/N-ethyl adjacent to an activating group) is 2. The molecule has 6 bridgehead atoms. The van der Waals surface area contributed by atoms with Crippen LogP contribution in [0.25, 0.3) is 39.0 Å². The molecule has 0 radical (unpaired) electrons. The Balaban J connectivity index is 1.19. The van der Waals surface area contributed by atoms with Gasteiger partial charge in [0.2, 0.25) is 17.7 Å². The molecule has 0 spiro atoms. The van der Waals surface area contributed by atoms with Crippen molar-refractivity contribution in [3.63, 3.8) is 0 Å². The molecule has 4 aromatic rings. The second-order valence-electron chi connectivity index (χ2n) is 20.8. The lowest BCUT2D eigenvalue weighted by atomic mass is 9.84. The highest BCUT2D eigenvalue weighted by atomic mass is 32.1. The summed E-state index contributed by atoms with van der Waals surface area (Å²) in [7, 11) is 5.45. The van der Waals surface area contributed by atoms with Gasteiger partial charge in [0.25, 0.3) is 5.91 Å². The minimum Gasteiger partial charge on any atom is -0.464 e. The van der Waals surface area contributed by atoms with Gasteiger partial charge in [0.15, 0.2) is 0 Å². The number of rotatable bonds is 11. The van der Waals surface area contributed by atoms with Gasteiger partial charge in [-0.15, -0.1) is 11.3 Å². The van der Waals surface area contributed by atoms with Gasteiger partial charge in [-0.2, -0.15) is 0 Å². The summed E-state index contributed by atoms with van der Waals surface area (Å²) in [6, 6.07) is 5.91. The molecule has 16 nitrogen and oxygen atoms in total. The van der Waals surface area contributed by atoms with Crippen LogP contribution in [0, 0.1) is 17.3 Å². The Kier molecular flexibility index (Phi) is 15.7. The van der Waals surface area contributed by atoms with Crippen molar-refractivity contribution in [3.8, 4) is 22.5 Å². The zero-order chi connectivity index (χ0) is 50.9. The first kappa shape index (κ1) is 51.6. The Morgan fingerprint density at radius 1 is 1.11 bits per heavy atom. The molecule has 8 rings (SSSR count). The molecular formula is C54H71N9O7S. The summed E-state index contributed by atoms with van der Waals surface area (Å²) in [5, 5.41) is 8.14. The number of fused-ring (bicyclic) bond motifs is 6. The van der Waals surface area contributed by atoms with Crippen LogP contribution in [0.5, 0.6) is 0 Å². The lowest BCUT2D eigenvalue weighted by Gasteiger charge is -2.36. The van der Waals surface area contributed by atoms with Gasteiger partial charge in [-0.3, -0.25) is 34.0 Å². The van der Waals surface area contributed by atoms with Crippen LogP contribution in [-0.4, -0.2) is 143 Å². The molecule has 3 aromatic heterocycles. The largest absolute Gasteiger partial charge is 0.464 e. The summed E-state index contributed by atoms with van der Waals surface area (Å²) in [4.78, 5) is 85.2. The normalized spacial score (nSPS) is 21.9. The summed E-state index contributed by atoms with van der Waals surface area (Å²) in [5.74, 6) is -2.64. The number of nitrogens with zero attached hydrogens (tertiary/aromatic N) is 7. The maximum atomic E-state index is 14.7. The number of thiazole rings is 1. The number of nitrogens with one attached hydrogen (secondary N) is 2. The third-order valence-corrected chi connectivity index (χ3v) is 15.6. The second-order valence-corrected chi connectivity index (χ2v) is 21.8. The van der Waals surface area contributed by atoms with Crippen molar-refractivity contribution in [1.29, 1.82) is 0 Å². The third kappa shape index (κ3) is 10.9. The SMILES string of the molecule is C=CC(=O)N1CC[C@H](C(=O)N(C)C(C(=O)N[C@H]2Cc3nc(cs3)-c3ccc4c(c3)c(c(-c3cc(C5=CCN(C)CC5)cnc3[C@H](C)OC)n4CC)CC(C)(C)COC(=O)[C@@H]3CCCN(N3)C2=O)C(C)C)C1. The molecule has 2 saturated heterocycles. The summed E-state index contributed by atoms with van der Waals surface area (Å²) in [6.07, 6.45) is 8.25. The van der Waals surface area contributed by atoms with Crippen molar-refractivity contribution < 1.29 is 33.4 Å². The van der Waals surface area contributed by atoms with Crippen molar-refractivity contribution >= 4 is 57.4 Å². The van der Waals surface area contributed by atoms with E-state index in [4.69, 9.17) is 19.4 Å². The number of hydrogen-bond donors (Lipinski definition) is 2. The van der Waals surface area contributed by atoms with Crippen LogP contribution < -0.4 is 10.7 Å². The van der Waals surface area contributed by atoms with E-state index in [0.29, 0.717) is 50.3 Å². The van der Waals surface area contributed by atoms with Crippen LogP contribution in [0.2, 0.25) is 0 Å². The fraction of sp³-hybridized carbons (Fsp3) is 0.537. The number of aryl methyl sites for hydroxylation is 1. The van der Waals surface area contributed by atoms with Crippen LogP contribution in [-0.2, 0) is 52.8 Å². The lowest BCUT2D eigenvalue weighted by Crippen LogP contribution is -2.62. The van der Waals surface area contributed by atoms with Crippen molar-refractivity contribution in [2.75, 3.05) is 60.5 Å². The number of ether oxygens (including phenoxy) is 2. The first-order valence-electron chi connectivity index (χ1n) is 25.1. The smallest absolute Gasteiger partial charge is 0.324 e. The fourth-order valence-corrected chi connectivity index (χ4v) is 11.6. The molecule has 7 heterocycles. The van der Waals surface area contributed by atoms with E-state index in [1.165, 1.54) is 32.9 Å². The molecule has 4 aliphatic rings. The van der Waals surface area contributed by atoms with E-state index < -0.39 is 47.2 Å². The lowest BCUT2D eigenvalue weighted by molar-refractivity contribution is -0.155. The molecule has 1 unspecified atom stereocenters. The monoisotopic (exact) mass is 990 g/mol. The Morgan fingerprint density at radius 3 is 2.61 bits per heavy atom. The molecule has 1 aromatic carbocycles. The number of hydrogen-bond acceptors (Lipinski definition) is 12. The third-order valence-electron chi connectivity index (χ3n) is 14.7. The molecule has 0 aliphatic carbocycles. The van der Waals surface area contributed by atoms with E-state index in [1.54, 1.807) is 19.1 Å². The number of carbonyl (C=O) groups is 5. The van der Waals surface area contributed by atoms with Gasteiger partial charge >= 0.3 is 5.97 Å². The standard InChI is InChI=1S/C54H71N9O7S/c1-11-46(64)61-23-19-36(29-61)51(66)60(9)48(32(3)4)50(65)57-42-26-45-56-43(30-71-45)35-15-16-44-38(24-35)40(27-54(6,7)31-70-53(68)41-14-13-20-63(58-41)52(42)67)49(62(44)12-2)39-25-37(28-55-47(39)33(5)69-10)34-17-21-59(8)22-18-34/h11,15-17,24-25,28,30,32-33,36,41-42,48,58H,1,12-14,18-23,26-27,29,31H2,2-10H3,(H,57,65)/t33-,36-,41-,42-,48?/m0/s1. The van der Waals surface area contributed by atoms with Gasteiger partial charge in [-0.25, -0.2) is 10.4 Å². The van der Waals surface area contributed by atoms with Gasteiger partial charge in [0.05, 0.1) is 40.7 Å². The predicted molar refractivity (Wildman–Crippen MR) is 276 cm³/mol. The minimum atomic E-state index is -1.09. The summed E-state index contributed by atoms with van der Waals surface area (Å²) >= 11 is 1.41. The number of hydrazine groups is 1. The molecule has 4 aliphatic heterocycles. The Hall–Kier alpha value is -5.75. The maximum Gasteiger partial charge on any atom is 0.324 e. The number of aromatic nitrogens is 3. The van der Waals surface area contributed by atoms with Gasteiger partial charge < -0.3 is 34.1 Å². The number of benzene rings is 1. The van der Waals surface area contributed by atoms with Gasteiger partial charge in [-0.1, -0.05) is 46.4 Å². The topological polar surface area (TPSA) is 172 Å². The molecule has 2 fully saturated rings. The van der Waals surface area contributed by atoms with Gasteiger partial charge in [-0.05, 0) is 99.9 Å². The molecule has 71 heavy (non-hydrogen) atoms. The fourth-order valence-electron chi connectivity index (χ4n) is 10.7. The highest BCUT2D eigenvalue weighted by Gasteiger charge is 2.40. The molecule has 2 N–H and O–H groups in total. The van der Waals surface area contributed by atoms with Gasteiger partial charge in [0.1, 0.15) is 18.1 Å². The van der Waals surface area contributed by atoms with Crippen molar-refractivity contribution in [1.82, 2.24) is 45.0 Å². The first-order chi connectivity index (χ1) is 33.9. The number of amides is 4. The maximum absolute atomic E-state index is 14.7. The van der Waals surface area contributed by atoms with E-state index in [0.717, 1.165) is 69.7 Å². The number of carbonyl (C=O) groups excluding carboxylic acids is 5. The molecule has 0 saturated carbocycles.